The van der Waals surface area contributed by atoms with Gasteiger partial charge in [0, 0.05) is 32.3 Å². The molecule has 1 amide bonds. The number of amides is 1. The van der Waals surface area contributed by atoms with Crippen LogP contribution in [0.4, 0.5) is 0 Å². The summed E-state index contributed by atoms with van der Waals surface area (Å²) in [5, 5.41) is 0. The normalized spacial score (nSPS) is 11.3. The highest BCUT2D eigenvalue weighted by Gasteiger charge is 2.17. The van der Waals surface area contributed by atoms with Crippen LogP contribution in [0.3, 0.4) is 0 Å². The van der Waals surface area contributed by atoms with Crippen LogP contribution in [0.15, 0.2) is 59.5 Å². The zero-order valence-electron chi connectivity index (χ0n) is 15.0. The van der Waals surface area contributed by atoms with E-state index in [9.17, 15) is 13.2 Å². The molecule has 0 aliphatic carbocycles. The Morgan fingerprint density at radius 1 is 1.08 bits per heavy atom. The SMILES string of the molecule is CCN(Cc1ccccc1)C(=O)c1ccc(S(=O)(=O)NCCOC)cc1. The van der Waals surface area contributed by atoms with Crippen LogP contribution in [-0.4, -0.2) is 46.0 Å². The fourth-order valence-corrected chi connectivity index (χ4v) is 3.46. The number of nitrogens with zero attached hydrogens (tertiary/aromatic N) is 1. The topological polar surface area (TPSA) is 75.7 Å². The van der Waals surface area contributed by atoms with Gasteiger partial charge in [-0.05, 0) is 36.8 Å². The Bertz CT molecular complexity index is 805. The zero-order chi connectivity index (χ0) is 19.0. The molecule has 6 nitrogen and oxygen atoms in total. The third-order valence-electron chi connectivity index (χ3n) is 3.90. The molecule has 2 rings (SSSR count). The van der Waals surface area contributed by atoms with Gasteiger partial charge in [0.05, 0.1) is 11.5 Å². The van der Waals surface area contributed by atoms with E-state index < -0.39 is 10.0 Å². The first kappa shape index (κ1) is 20.1. The van der Waals surface area contributed by atoms with Gasteiger partial charge in [-0.1, -0.05) is 30.3 Å². The molecule has 0 spiro atoms. The number of nitrogens with one attached hydrogen (secondary N) is 1. The van der Waals surface area contributed by atoms with Crippen LogP contribution < -0.4 is 4.72 Å². The quantitative estimate of drug-likeness (QED) is 0.681. The standard InChI is InChI=1S/C19H24N2O4S/c1-3-21(15-16-7-5-4-6-8-16)19(22)17-9-11-18(12-10-17)26(23,24)20-13-14-25-2/h4-12,20H,3,13-15H2,1-2H3. The number of hydrogen-bond acceptors (Lipinski definition) is 4. The third kappa shape index (κ3) is 5.39. The number of rotatable bonds is 9. The number of methoxy groups -OCH3 is 1. The summed E-state index contributed by atoms with van der Waals surface area (Å²) in [5.41, 5.74) is 1.50. The molecule has 0 bridgehead atoms. The van der Waals surface area contributed by atoms with Gasteiger partial charge in [-0.3, -0.25) is 4.79 Å². The van der Waals surface area contributed by atoms with Crippen LogP contribution in [0.25, 0.3) is 0 Å². The smallest absolute Gasteiger partial charge is 0.254 e. The molecule has 2 aromatic carbocycles. The molecule has 0 fully saturated rings. The van der Waals surface area contributed by atoms with Gasteiger partial charge in [-0.15, -0.1) is 0 Å². The average molecular weight is 376 g/mol. The minimum absolute atomic E-state index is 0.122. The van der Waals surface area contributed by atoms with E-state index in [1.165, 1.54) is 19.2 Å². The summed E-state index contributed by atoms with van der Waals surface area (Å²) < 4.78 is 31.6. The molecule has 140 valence electrons. The van der Waals surface area contributed by atoms with E-state index in [0.29, 0.717) is 25.3 Å². The van der Waals surface area contributed by atoms with Gasteiger partial charge in [0.2, 0.25) is 10.0 Å². The predicted octanol–water partition coefficient (Wildman–Crippen LogP) is 2.27. The lowest BCUT2D eigenvalue weighted by Gasteiger charge is -2.21. The van der Waals surface area contributed by atoms with Crippen molar-refractivity contribution >= 4 is 15.9 Å². The number of benzene rings is 2. The Labute approximate surface area is 154 Å². The highest BCUT2D eigenvalue weighted by molar-refractivity contribution is 7.89. The lowest BCUT2D eigenvalue weighted by Crippen LogP contribution is -2.30. The van der Waals surface area contributed by atoms with Gasteiger partial charge in [-0.25, -0.2) is 13.1 Å². The van der Waals surface area contributed by atoms with Crippen LogP contribution in [0.2, 0.25) is 0 Å². The molecule has 0 radical (unpaired) electrons. The Hall–Kier alpha value is -2.22. The summed E-state index contributed by atoms with van der Waals surface area (Å²) in [6, 6.07) is 15.7. The van der Waals surface area contributed by atoms with Crippen molar-refractivity contribution in [2.75, 3.05) is 26.8 Å². The summed E-state index contributed by atoms with van der Waals surface area (Å²) >= 11 is 0. The number of sulfonamides is 1. The van der Waals surface area contributed by atoms with E-state index in [1.807, 2.05) is 37.3 Å². The largest absolute Gasteiger partial charge is 0.383 e. The number of ether oxygens (including phenoxy) is 1. The molecule has 0 aliphatic heterocycles. The highest BCUT2D eigenvalue weighted by atomic mass is 32.2. The fraction of sp³-hybridized carbons (Fsp3) is 0.316. The Morgan fingerprint density at radius 3 is 2.31 bits per heavy atom. The van der Waals surface area contributed by atoms with Crippen molar-refractivity contribution in [1.82, 2.24) is 9.62 Å². The lowest BCUT2D eigenvalue weighted by atomic mass is 10.1. The van der Waals surface area contributed by atoms with Crippen molar-refractivity contribution < 1.29 is 17.9 Å². The van der Waals surface area contributed by atoms with Crippen molar-refractivity contribution in [3.63, 3.8) is 0 Å². The second kappa shape index (κ2) is 9.47. The molecule has 0 atom stereocenters. The second-order valence-corrected chi connectivity index (χ2v) is 7.49. The summed E-state index contributed by atoms with van der Waals surface area (Å²) in [4.78, 5) is 14.5. The number of carbonyl (C=O) groups excluding carboxylic acids is 1. The lowest BCUT2D eigenvalue weighted by molar-refractivity contribution is 0.0752. The zero-order valence-corrected chi connectivity index (χ0v) is 15.8. The first-order valence-corrected chi connectivity index (χ1v) is 9.88. The maximum atomic E-state index is 12.7. The maximum absolute atomic E-state index is 12.7. The van der Waals surface area contributed by atoms with Gasteiger partial charge in [0.15, 0.2) is 0 Å². The molecule has 0 aromatic heterocycles. The van der Waals surface area contributed by atoms with Crippen LogP contribution in [-0.2, 0) is 21.3 Å². The van der Waals surface area contributed by atoms with Gasteiger partial charge in [0.25, 0.3) is 5.91 Å². The van der Waals surface area contributed by atoms with Crippen LogP contribution in [0.5, 0.6) is 0 Å². The molecular weight excluding hydrogens is 352 g/mol. The van der Waals surface area contributed by atoms with Crippen molar-refractivity contribution in [1.29, 1.82) is 0 Å². The minimum atomic E-state index is -3.60. The van der Waals surface area contributed by atoms with Crippen molar-refractivity contribution in [3.8, 4) is 0 Å². The van der Waals surface area contributed by atoms with E-state index >= 15 is 0 Å². The first-order chi connectivity index (χ1) is 12.5. The van der Waals surface area contributed by atoms with Crippen LogP contribution in [0.1, 0.15) is 22.8 Å². The van der Waals surface area contributed by atoms with E-state index in [0.717, 1.165) is 5.56 Å². The van der Waals surface area contributed by atoms with Gasteiger partial charge >= 0.3 is 0 Å². The molecule has 26 heavy (non-hydrogen) atoms. The molecule has 0 saturated heterocycles. The molecule has 0 heterocycles. The van der Waals surface area contributed by atoms with Gasteiger partial charge in [-0.2, -0.15) is 0 Å². The summed E-state index contributed by atoms with van der Waals surface area (Å²) in [6.45, 7) is 3.47. The number of hydrogen-bond donors (Lipinski definition) is 1. The van der Waals surface area contributed by atoms with Gasteiger partial charge < -0.3 is 9.64 Å². The van der Waals surface area contributed by atoms with Crippen LogP contribution >= 0.6 is 0 Å². The fourth-order valence-electron chi connectivity index (χ4n) is 2.45. The van der Waals surface area contributed by atoms with E-state index in [-0.39, 0.29) is 17.3 Å². The molecule has 1 N–H and O–H groups in total. The number of carbonyl (C=O) groups is 1. The second-order valence-electron chi connectivity index (χ2n) is 5.72. The minimum Gasteiger partial charge on any atom is -0.383 e. The molecule has 7 heteroatoms. The maximum Gasteiger partial charge on any atom is 0.254 e. The predicted molar refractivity (Wildman–Crippen MR) is 100 cm³/mol. The molecule has 0 unspecified atom stereocenters. The Balaban J connectivity index is 2.09. The first-order valence-electron chi connectivity index (χ1n) is 8.39. The van der Waals surface area contributed by atoms with Crippen LogP contribution in [0, 0.1) is 0 Å². The Kier molecular flexibility index (Phi) is 7.32. The monoisotopic (exact) mass is 376 g/mol. The third-order valence-corrected chi connectivity index (χ3v) is 5.37. The average Bonchev–Trinajstić information content (AvgIpc) is 2.66. The van der Waals surface area contributed by atoms with Crippen molar-refractivity contribution in [3.05, 3.63) is 65.7 Å². The van der Waals surface area contributed by atoms with Crippen molar-refractivity contribution in [2.24, 2.45) is 0 Å². The molecule has 2 aromatic rings. The Morgan fingerprint density at radius 2 is 1.73 bits per heavy atom. The summed E-state index contributed by atoms with van der Waals surface area (Å²) in [7, 11) is -2.10. The van der Waals surface area contributed by atoms with E-state index in [2.05, 4.69) is 4.72 Å². The molecule has 0 saturated carbocycles. The molecule has 0 aliphatic rings. The van der Waals surface area contributed by atoms with Crippen molar-refractivity contribution in [2.45, 2.75) is 18.4 Å². The highest BCUT2D eigenvalue weighted by Crippen LogP contribution is 2.14. The summed E-state index contributed by atoms with van der Waals surface area (Å²) in [6.07, 6.45) is 0. The molecular formula is C19H24N2O4S. The van der Waals surface area contributed by atoms with Gasteiger partial charge in [0.1, 0.15) is 0 Å². The van der Waals surface area contributed by atoms with E-state index in [1.54, 1.807) is 17.0 Å². The summed E-state index contributed by atoms with van der Waals surface area (Å²) in [5.74, 6) is -0.132. The van der Waals surface area contributed by atoms with E-state index in [4.69, 9.17) is 4.74 Å².